The molecule has 3 aromatic rings. The van der Waals surface area contributed by atoms with Gasteiger partial charge in [-0.3, -0.25) is 19.0 Å². The summed E-state index contributed by atoms with van der Waals surface area (Å²) in [5.74, 6) is -2.50. The second-order valence-electron chi connectivity index (χ2n) is 9.26. The second kappa shape index (κ2) is 13.4. The molecule has 1 aromatic heterocycles. The fourth-order valence-corrected chi connectivity index (χ4v) is 4.71. The summed E-state index contributed by atoms with van der Waals surface area (Å²) in [7, 11) is 1.34. The topological polar surface area (TPSA) is 115 Å². The number of halogens is 2. The van der Waals surface area contributed by atoms with Crippen LogP contribution in [0.2, 0.25) is 5.02 Å². The number of carboxylic acid groups (broad SMARTS) is 1. The Morgan fingerprint density at radius 3 is 2.33 bits per heavy atom. The van der Waals surface area contributed by atoms with E-state index in [1.165, 1.54) is 61.2 Å². The molecule has 1 fully saturated rings. The third-order valence-corrected chi connectivity index (χ3v) is 7.12. The fourth-order valence-electron chi connectivity index (χ4n) is 4.55. The van der Waals surface area contributed by atoms with E-state index in [1.807, 2.05) is 13.8 Å². The van der Waals surface area contributed by atoms with Crippen LogP contribution in [-0.2, 0) is 4.79 Å². The molecule has 1 aliphatic rings. The highest BCUT2D eigenvalue weighted by atomic mass is 35.5. The van der Waals surface area contributed by atoms with Crippen LogP contribution in [0.3, 0.4) is 0 Å². The number of hydrogen-bond acceptors (Lipinski definition) is 5. The molecule has 2 N–H and O–H groups in total. The maximum atomic E-state index is 15.1. The zero-order chi connectivity index (χ0) is 29.6. The molecule has 0 spiro atoms. The SMILES string of the molecule is CC.COc1cn([C@H](CC2CCC2)C(=O)Nc2ccc(C(=O)O)cc2)c(=O)cc1-c1c(C(C)=O)ccc(Cl)c1F. The Labute approximate surface area is 236 Å². The summed E-state index contributed by atoms with van der Waals surface area (Å²) in [4.78, 5) is 50.1. The molecule has 8 nitrogen and oxygen atoms in total. The Morgan fingerprint density at radius 2 is 1.80 bits per heavy atom. The lowest BCUT2D eigenvalue weighted by Crippen LogP contribution is -2.35. The van der Waals surface area contributed by atoms with Gasteiger partial charge in [-0.25, -0.2) is 9.18 Å². The summed E-state index contributed by atoms with van der Waals surface area (Å²) in [6, 6.07) is 8.57. The van der Waals surface area contributed by atoms with Crippen LogP contribution in [0.5, 0.6) is 5.75 Å². The van der Waals surface area contributed by atoms with Crippen LogP contribution in [0.1, 0.15) is 73.2 Å². The van der Waals surface area contributed by atoms with Gasteiger partial charge in [0, 0.05) is 28.4 Å². The van der Waals surface area contributed by atoms with E-state index < -0.39 is 35.1 Å². The number of aromatic nitrogens is 1. The number of amides is 1. The lowest BCUT2D eigenvalue weighted by Gasteiger charge is -2.30. The average Bonchev–Trinajstić information content (AvgIpc) is 2.91. The fraction of sp³-hybridized carbons (Fsp3) is 0.333. The van der Waals surface area contributed by atoms with Crippen LogP contribution in [0.4, 0.5) is 10.1 Å². The first-order chi connectivity index (χ1) is 19.1. The molecule has 1 aliphatic carbocycles. The number of nitrogens with one attached hydrogen (secondary N) is 1. The van der Waals surface area contributed by atoms with Crippen molar-refractivity contribution in [3.05, 3.63) is 81.0 Å². The Morgan fingerprint density at radius 1 is 1.15 bits per heavy atom. The maximum Gasteiger partial charge on any atom is 0.335 e. The first-order valence-corrected chi connectivity index (χ1v) is 13.4. The summed E-state index contributed by atoms with van der Waals surface area (Å²) in [5, 5.41) is 11.6. The van der Waals surface area contributed by atoms with E-state index >= 15 is 4.39 Å². The Kier molecular flexibility index (Phi) is 10.2. The number of nitrogens with zero attached hydrogens (tertiary/aromatic N) is 1. The summed E-state index contributed by atoms with van der Waals surface area (Å²) in [6.45, 7) is 5.28. The van der Waals surface area contributed by atoms with Gasteiger partial charge < -0.3 is 15.2 Å². The van der Waals surface area contributed by atoms with Gasteiger partial charge in [0.1, 0.15) is 17.6 Å². The summed E-state index contributed by atoms with van der Waals surface area (Å²) in [5.41, 5.74) is -0.201. The van der Waals surface area contributed by atoms with Gasteiger partial charge in [-0.1, -0.05) is 44.7 Å². The van der Waals surface area contributed by atoms with Crippen LogP contribution < -0.4 is 15.6 Å². The minimum Gasteiger partial charge on any atom is -0.495 e. The van der Waals surface area contributed by atoms with E-state index in [1.54, 1.807) is 0 Å². The van der Waals surface area contributed by atoms with Gasteiger partial charge >= 0.3 is 5.97 Å². The number of pyridine rings is 1. The normalized spacial score (nSPS) is 13.3. The van der Waals surface area contributed by atoms with Crippen LogP contribution in [0.15, 0.2) is 53.5 Å². The largest absolute Gasteiger partial charge is 0.495 e. The van der Waals surface area contributed by atoms with Crippen molar-refractivity contribution in [3.63, 3.8) is 0 Å². The summed E-state index contributed by atoms with van der Waals surface area (Å²) >= 11 is 5.99. The monoisotopic (exact) mass is 570 g/mol. The van der Waals surface area contributed by atoms with Gasteiger partial charge in [-0.2, -0.15) is 0 Å². The Balaban J connectivity index is 0.00000216. The molecule has 0 aliphatic heterocycles. The number of ether oxygens (including phenoxy) is 1. The van der Waals surface area contributed by atoms with Crippen molar-refractivity contribution in [3.8, 4) is 16.9 Å². The molecular weight excluding hydrogens is 539 g/mol. The molecule has 2 aromatic carbocycles. The predicted molar refractivity (Wildman–Crippen MR) is 152 cm³/mol. The number of methoxy groups -OCH3 is 1. The number of anilines is 1. The molecule has 0 radical (unpaired) electrons. The van der Waals surface area contributed by atoms with Crippen molar-refractivity contribution < 1.29 is 28.6 Å². The third-order valence-electron chi connectivity index (χ3n) is 6.83. The zero-order valence-corrected chi connectivity index (χ0v) is 23.5. The van der Waals surface area contributed by atoms with E-state index in [0.717, 1.165) is 25.3 Å². The van der Waals surface area contributed by atoms with E-state index in [9.17, 15) is 19.2 Å². The van der Waals surface area contributed by atoms with Crippen molar-refractivity contribution in [1.29, 1.82) is 0 Å². The Bertz CT molecular complexity index is 1460. The molecule has 10 heteroatoms. The average molecular weight is 571 g/mol. The van der Waals surface area contributed by atoms with Crippen molar-refractivity contribution in [1.82, 2.24) is 4.57 Å². The maximum absolute atomic E-state index is 15.1. The molecule has 40 heavy (non-hydrogen) atoms. The van der Waals surface area contributed by atoms with Crippen molar-refractivity contribution in [2.75, 3.05) is 12.4 Å². The number of aromatic carboxylic acids is 1. The van der Waals surface area contributed by atoms with Crippen LogP contribution >= 0.6 is 11.6 Å². The minimum absolute atomic E-state index is 0.0379. The van der Waals surface area contributed by atoms with Gasteiger partial charge in [-0.05, 0) is 55.7 Å². The molecule has 1 heterocycles. The molecule has 0 bridgehead atoms. The quantitative estimate of drug-likeness (QED) is 0.280. The number of Topliss-reactive ketones (excluding diaryl/α,β-unsaturated/α-hetero) is 1. The highest BCUT2D eigenvalue weighted by molar-refractivity contribution is 6.31. The van der Waals surface area contributed by atoms with Gasteiger partial charge in [0.25, 0.3) is 5.56 Å². The molecule has 1 amide bonds. The van der Waals surface area contributed by atoms with E-state index in [4.69, 9.17) is 21.4 Å². The number of carbonyl (C=O) groups is 3. The zero-order valence-electron chi connectivity index (χ0n) is 22.8. The van der Waals surface area contributed by atoms with Crippen LogP contribution in [0, 0.1) is 11.7 Å². The first-order valence-electron chi connectivity index (χ1n) is 13.0. The summed E-state index contributed by atoms with van der Waals surface area (Å²) in [6.07, 6.45) is 4.63. The number of benzene rings is 2. The molecule has 1 atom stereocenters. The first kappa shape index (κ1) is 30.6. The lowest BCUT2D eigenvalue weighted by molar-refractivity contribution is -0.120. The number of hydrogen-bond donors (Lipinski definition) is 2. The van der Waals surface area contributed by atoms with Crippen molar-refractivity contribution in [2.45, 2.75) is 52.5 Å². The van der Waals surface area contributed by atoms with Crippen LogP contribution in [0.25, 0.3) is 11.1 Å². The number of carbonyl (C=O) groups excluding carboxylic acids is 2. The van der Waals surface area contributed by atoms with E-state index in [0.29, 0.717) is 12.1 Å². The molecule has 0 saturated heterocycles. The minimum atomic E-state index is -1.09. The van der Waals surface area contributed by atoms with Gasteiger partial charge in [0.2, 0.25) is 5.91 Å². The summed E-state index contributed by atoms with van der Waals surface area (Å²) < 4.78 is 21.9. The van der Waals surface area contributed by atoms with Gasteiger partial charge in [0.05, 0.1) is 23.9 Å². The number of carboxylic acids is 1. The molecular formula is C30H32ClFN2O6. The second-order valence-corrected chi connectivity index (χ2v) is 9.67. The Hall–Kier alpha value is -3.98. The molecule has 1 saturated carbocycles. The van der Waals surface area contributed by atoms with Gasteiger partial charge in [-0.15, -0.1) is 0 Å². The van der Waals surface area contributed by atoms with Crippen LogP contribution in [-0.4, -0.2) is 34.4 Å². The number of rotatable bonds is 9. The standard InChI is InChI=1S/C28H26ClFN2O6.C2H6/c1-15(33)19-10-11-21(29)26(30)25(19)20-13-24(34)32(14-23(20)38-2)22(12-16-4-3-5-16)27(35)31-18-8-6-17(7-9-18)28(36)37;1-2/h6-11,13-14,16,22H,3-5,12H2,1-2H3,(H,31,35)(H,36,37);1-2H3/t22-;/m1./s1. The lowest BCUT2D eigenvalue weighted by atomic mass is 9.80. The smallest absolute Gasteiger partial charge is 0.335 e. The molecule has 4 rings (SSSR count). The predicted octanol–water partition coefficient (Wildman–Crippen LogP) is 6.61. The third kappa shape index (κ3) is 6.59. The van der Waals surface area contributed by atoms with E-state index in [2.05, 4.69) is 5.32 Å². The highest BCUT2D eigenvalue weighted by Crippen LogP contribution is 2.38. The van der Waals surface area contributed by atoms with Crippen molar-refractivity contribution in [2.24, 2.45) is 5.92 Å². The molecule has 212 valence electrons. The van der Waals surface area contributed by atoms with Crippen molar-refractivity contribution >= 4 is 34.9 Å². The van der Waals surface area contributed by atoms with E-state index in [-0.39, 0.29) is 38.9 Å². The van der Waals surface area contributed by atoms with Gasteiger partial charge in [0.15, 0.2) is 5.78 Å². The number of ketones is 1. The highest BCUT2D eigenvalue weighted by Gasteiger charge is 2.30. The molecule has 0 unspecified atom stereocenters.